The summed E-state index contributed by atoms with van der Waals surface area (Å²) in [5.41, 5.74) is 1.66. The highest BCUT2D eigenvalue weighted by atomic mass is 32.2. The summed E-state index contributed by atoms with van der Waals surface area (Å²) in [6.07, 6.45) is 1.37. The van der Waals surface area contributed by atoms with Crippen LogP contribution >= 0.6 is 0 Å². The van der Waals surface area contributed by atoms with E-state index in [1.807, 2.05) is 44.2 Å². The average molecular weight is 444 g/mol. The normalized spacial score (nSPS) is 14.4. The fourth-order valence-corrected chi connectivity index (χ4v) is 5.93. The summed E-state index contributed by atoms with van der Waals surface area (Å²) in [6.45, 7) is 8.49. The second-order valence-corrected chi connectivity index (χ2v) is 9.85. The van der Waals surface area contributed by atoms with E-state index in [1.165, 1.54) is 7.11 Å². The summed E-state index contributed by atoms with van der Waals surface area (Å²) >= 11 is 0. The summed E-state index contributed by atoms with van der Waals surface area (Å²) in [7, 11) is -2.41. The van der Waals surface area contributed by atoms with Gasteiger partial charge in [0.1, 0.15) is 0 Å². The third kappa shape index (κ3) is 6.77. The number of carbonyl (C=O) groups is 1. The fraction of sp³-hybridized carbons (Fsp3) is 0.400. The van der Waals surface area contributed by atoms with Crippen molar-refractivity contribution in [3.63, 3.8) is 0 Å². The number of hydrogen-bond acceptors (Lipinski definition) is 5. The van der Waals surface area contributed by atoms with Crippen molar-refractivity contribution in [2.45, 2.75) is 49.3 Å². The molecule has 31 heavy (non-hydrogen) atoms. The zero-order valence-electron chi connectivity index (χ0n) is 18.6. The summed E-state index contributed by atoms with van der Waals surface area (Å²) < 4.78 is 32.1. The second-order valence-electron chi connectivity index (χ2n) is 7.78. The van der Waals surface area contributed by atoms with Gasteiger partial charge in [0.15, 0.2) is 9.84 Å². The first-order chi connectivity index (χ1) is 14.8. The zero-order valence-corrected chi connectivity index (χ0v) is 19.4. The van der Waals surface area contributed by atoms with Crippen LogP contribution in [0.15, 0.2) is 77.7 Å². The van der Waals surface area contributed by atoms with Gasteiger partial charge in [-0.15, -0.1) is 0 Å². The maximum Gasteiger partial charge on any atom is 0.305 e. The van der Waals surface area contributed by atoms with E-state index < -0.39 is 27.0 Å². The molecule has 3 atom stereocenters. The molecule has 0 spiro atoms. The summed E-state index contributed by atoms with van der Waals surface area (Å²) in [6, 6.07) is 18.4. The lowest BCUT2D eigenvalue weighted by Crippen LogP contribution is -2.37. The van der Waals surface area contributed by atoms with Gasteiger partial charge in [0.25, 0.3) is 0 Å². The number of esters is 1. The number of ether oxygens (including phenoxy) is 1. The van der Waals surface area contributed by atoms with E-state index in [0.717, 1.165) is 12.0 Å². The van der Waals surface area contributed by atoms with Crippen molar-refractivity contribution in [2.24, 2.45) is 5.92 Å². The first-order valence-electron chi connectivity index (χ1n) is 10.6. The SMILES string of the molecule is C=C(CN[C@@H](C)c1ccccc1)[C@H]([C@H](CCC)CC(=O)OC)S(=O)(=O)c1ccccc1. The molecule has 0 aliphatic carbocycles. The van der Waals surface area contributed by atoms with Gasteiger partial charge in [-0.1, -0.05) is 68.5 Å². The molecule has 0 fully saturated rings. The Morgan fingerprint density at radius 2 is 1.65 bits per heavy atom. The van der Waals surface area contributed by atoms with E-state index in [0.29, 0.717) is 18.5 Å². The van der Waals surface area contributed by atoms with E-state index in [4.69, 9.17) is 4.74 Å². The Kier molecular flexibility index (Phi) is 9.46. The standard InChI is InChI=1S/C25H33NO4S/c1-5-12-22(17-24(27)30-4)25(31(28,29)23-15-10-7-11-16-23)19(2)18-26-20(3)21-13-8-6-9-14-21/h6-11,13-16,20,22,25-26H,2,5,12,17-18H2,1,3-4H3/t20-,22+,25+/m0/s1. The number of methoxy groups -OCH3 is 1. The topological polar surface area (TPSA) is 72.5 Å². The highest BCUT2D eigenvalue weighted by Crippen LogP contribution is 2.32. The van der Waals surface area contributed by atoms with Crippen LogP contribution in [-0.4, -0.2) is 33.3 Å². The van der Waals surface area contributed by atoms with E-state index in [1.54, 1.807) is 30.3 Å². The number of sulfone groups is 1. The largest absolute Gasteiger partial charge is 0.469 e. The molecule has 0 aliphatic heterocycles. The Morgan fingerprint density at radius 1 is 1.06 bits per heavy atom. The van der Waals surface area contributed by atoms with Gasteiger partial charge < -0.3 is 10.1 Å². The van der Waals surface area contributed by atoms with Crippen LogP contribution in [0.25, 0.3) is 0 Å². The van der Waals surface area contributed by atoms with Crippen LogP contribution in [-0.2, 0) is 19.4 Å². The lowest BCUT2D eigenvalue weighted by atomic mass is 9.91. The van der Waals surface area contributed by atoms with Gasteiger partial charge in [-0.3, -0.25) is 4.79 Å². The molecular weight excluding hydrogens is 410 g/mol. The molecule has 2 aromatic carbocycles. The minimum absolute atomic E-state index is 0.0308. The number of rotatable bonds is 12. The van der Waals surface area contributed by atoms with Crippen LogP contribution in [0, 0.1) is 5.92 Å². The van der Waals surface area contributed by atoms with Crippen LogP contribution < -0.4 is 5.32 Å². The Balaban J connectivity index is 2.33. The number of carbonyl (C=O) groups excluding carboxylic acids is 1. The molecule has 0 saturated carbocycles. The third-order valence-corrected chi connectivity index (χ3v) is 7.80. The zero-order chi connectivity index (χ0) is 22.9. The summed E-state index contributed by atoms with van der Waals surface area (Å²) in [5, 5.41) is 2.50. The van der Waals surface area contributed by atoms with Gasteiger partial charge in [0.2, 0.25) is 0 Å². The van der Waals surface area contributed by atoms with Gasteiger partial charge >= 0.3 is 5.97 Å². The monoisotopic (exact) mass is 443 g/mol. The molecule has 0 amide bonds. The van der Waals surface area contributed by atoms with Crippen molar-refractivity contribution in [3.8, 4) is 0 Å². The molecule has 0 radical (unpaired) electrons. The lowest BCUT2D eigenvalue weighted by Gasteiger charge is -2.29. The van der Waals surface area contributed by atoms with Crippen LogP contribution in [0.3, 0.4) is 0 Å². The number of nitrogens with one attached hydrogen (secondary N) is 1. The fourth-order valence-electron chi connectivity index (χ4n) is 3.84. The van der Waals surface area contributed by atoms with Crippen molar-refractivity contribution in [1.29, 1.82) is 0 Å². The molecule has 5 nitrogen and oxygen atoms in total. The van der Waals surface area contributed by atoms with Crippen molar-refractivity contribution in [2.75, 3.05) is 13.7 Å². The van der Waals surface area contributed by atoms with E-state index in [-0.39, 0.29) is 17.4 Å². The Bertz CT molecular complexity index is 942. The predicted octanol–water partition coefficient (Wildman–Crippen LogP) is 4.72. The smallest absolute Gasteiger partial charge is 0.305 e. The molecular formula is C25H33NO4S. The second kappa shape index (κ2) is 11.8. The van der Waals surface area contributed by atoms with Gasteiger partial charge in [-0.05, 0) is 42.5 Å². The van der Waals surface area contributed by atoms with E-state index in [9.17, 15) is 13.2 Å². The van der Waals surface area contributed by atoms with Gasteiger partial charge in [-0.2, -0.15) is 0 Å². The van der Waals surface area contributed by atoms with Crippen LogP contribution in [0.2, 0.25) is 0 Å². The predicted molar refractivity (Wildman–Crippen MR) is 124 cm³/mol. The average Bonchev–Trinajstić information content (AvgIpc) is 2.78. The molecule has 0 bridgehead atoms. The molecule has 2 aromatic rings. The minimum atomic E-state index is -3.74. The quantitative estimate of drug-likeness (QED) is 0.380. The molecule has 0 heterocycles. The molecule has 0 aliphatic rings. The summed E-state index contributed by atoms with van der Waals surface area (Å²) in [5.74, 6) is -0.825. The summed E-state index contributed by atoms with van der Waals surface area (Å²) in [4.78, 5) is 12.3. The van der Waals surface area contributed by atoms with Crippen molar-refractivity contribution in [1.82, 2.24) is 5.32 Å². The Morgan fingerprint density at radius 3 is 2.19 bits per heavy atom. The highest BCUT2D eigenvalue weighted by Gasteiger charge is 2.37. The number of hydrogen-bond donors (Lipinski definition) is 1. The highest BCUT2D eigenvalue weighted by molar-refractivity contribution is 7.92. The maximum absolute atomic E-state index is 13.6. The Labute approximate surface area is 186 Å². The van der Waals surface area contributed by atoms with Gasteiger partial charge in [-0.25, -0.2) is 8.42 Å². The van der Waals surface area contributed by atoms with Gasteiger partial charge in [0, 0.05) is 19.0 Å². The van der Waals surface area contributed by atoms with Gasteiger partial charge in [0.05, 0.1) is 17.3 Å². The minimum Gasteiger partial charge on any atom is -0.469 e. The Hall–Kier alpha value is -2.44. The first kappa shape index (κ1) is 24.8. The third-order valence-electron chi connectivity index (χ3n) is 5.49. The molecule has 168 valence electrons. The number of benzene rings is 2. The molecule has 1 N–H and O–H groups in total. The molecule has 0 saturated heterocycles. The first-order valence-corrected chi connectivity index (χ1v) is 12.2. The molecule has 6 heteroatoms. The van der Waals surface area contributed by atoms with E-state index >= 15 is 0 Å². The molecule has 2 rings (SSSR count). The lowest BCUT2D eigenvalue weighted by molar-refractivity contribution is -0.141. The van der Waals surface area contributed by atoms with Crippen molar-refractivity contribution in [3.05, 3.63) is 78.4 Å². The van der Waals surface area contributed by atoms with Crippen LogP contribution in [0.4, 0.5) is 0 Å². The maximum atomic E-state index is 13.6. The molecule has 0 aromatic heterocycles. The van der Waals surface area contributed by atoms with Crippen LogP contribution in [0.5, 0.6) is 0 Å². The van der Waals surface area contributed by atoms with Crippen molar-refractivity contribution >= 4 is 15.8 Å². The van der Waals surface area contributed by atoms with E-state index in [2.05, 4.69) is 11.9 Å². The molecule has 0 unspecified atom stereocenters. The van der Waals surface area contributed by atoms with Crippen molar-refractivity contribution < 1.29 is 17.9 Å². The van der Waals surface area contributed by atoms with Crippen LogP contribution in [0.1, 0.15) is 44.7 Å².